The number of hydrogen-bond acceptors (Lipinski definition) is 3. The van der Waals surface area contributed by atoms with Gasteiger partial charge in [-0.05, 0) is 30.7 Å². The van der Waals surface area contributed by atoms with Crippen LogP contribution in [0.15, 0.2) is 30.3 Å². The van der Waals surface area contributed by atoms with Gasteiger partial charge in [0.1, 0.15) is 0 Å². The molecule has 1 heterocycles. The van der Waals surface area contributed by atoms with Crippen molar-refractivity contribution >= 4 is 11.8 Å². The van der Waals surface area contributed by atoms with E-state index in [1.165, 1.54) is 5.56 Å². The molecule has 27 heavy (non-hydrogen) atoms. The number of piperazine rings is 1. The van der Waals surface area contributed by atoms with Crippen LogP contribution >= 0.6 is 0 Å². The van der Waals surface area contributed by atoms with Gasteiger partial charge >= 0.3 is 0 Å². The molecule has 1 aromatic carbocycles. The number of ether oxygens (including phenoxy) is 1. The van der Waals surface area contributed by atoms with E-state index in [0.717, 1.165) is 19.3 Å². The Kier molecular flexibility index (Phi) is 9.32. The summed E-state index contributed by atoms with van der Waals surface area (Å²) in [5.41, 5.74) is 1.27. The summed E-state index contributed by atoms with van der Waals surface area (Å²) in [7, 11) is 0. The van der Waals surface area contributed by atoms with Crippen molar-refractivity contribution in [3.63, 3.8) is 0 Å². The van der Waals surface area contributed by atoms with Crippen molar-refractivity contribution in [1.29, 1.82) is 0 Å². The second-order valence-corrected chi connectivity index (χ2v) is 7.65. The van der Waals surface area contributed by atoms with Gasteiger partial charge in [0.15, 0.2) is 0 Å². The molecule has 150 valence electrons. The van der Waals surface area contributed by atoms with Gasteiger partial charge in [-0.3, -0.25) is 9.59 Å². The van der Waals surface area contributed by atoms with Crippen LogP contribution in [0.2, 0.25) is 0 Å². The van der Waals surface area contributed by atoms with Crippen LogP contribution in [0, 0.1) is 5.92 Å². The molecule has 1 fully saturated rings. The molecule has 1 aliphatic heterocycles. The van der Waals surface area contributed by atoms with E-state index >= 15 is 0 Å². The fraction of sp³-hybridized carbons (Fsp3) is 0.636. The highest BCUT2D eigenvalue weighted by atomic mass is 16.5. The number of carbonyl (C=O) groups is 2. The molecule has 1 aromatic rings. The van der Waals surface area contributed by atoms with E-state index in [9.17, 15) is 9.59 Å². The monoisotopic (exact) mass is 374 g/mol. The predicted molar refractivity (Wildman–Crippen MR) is 107 cm³/mol. The van der Waals surface area contributed by atoms with Crippen LogP contribution in [0.1, 0.15) is 45.1 Å². The fourth-order valence-electron chi connectivity index (χ4n) is 3.20. The maximum atomic E-state index is 12.3. The molecule has 0 spiro atoms. The van der Waals surface area contributed by atoms with Crippen LogP contribution in [0.25, 0.3) is 0 Å². The van der Waals surface area contributed by atoms with Crippen LogP contribution in [0.5, 0.6) is 0 Å². The van der Waals surface area contributed by atoms with Gasteiger partial charge < -0.3 is 14.5 Å². The van der Waals surface area contributed by atoms with Crippen LogP contribution < -0.4 is 0 Å². The lowest BCUT2D eigenvalue weighted by atomic mass is 10.1. The molecule has 0 atom stereocenters. The van der Waals surface area contributed by atoms with E-state index < -0.39 is 0 Å². The molecule has 5 nitrogen and oxygen atoms in total. The molecule has 0 radical (unpaired) electrons. The summed E-state index contributed by atoms with van der Waals surface area (Å²) in [5.74, 6) is 0.949. The van der Waals surface area contributed by atoms with E-state index in [1.54, 1.807) is 0 Å². The number of nitrogens with zero attached hydrogens (tertiary/aromatic N) is 2. The molecule has 0 N–H and O–H groups in total. The van der Waals surface area contributed by atoms with Crippen molar-refractivity contribution in [2.45, 2.75) is 46.0 Å². The minimum atomic E-state index is 0.177. The Morgan fingerprint density at radius 2 is 1.52 bits per heavy atom. The quantitative estimate of drug-likeness (QED) is 0.591. The van der Waals surface area contributed by atoms with Crippen LogP contribution in [0.4, 0.5) is 0 Å². The van der Waals surface area contributed by atoms with Gasteiger partial charge in [-0.25, -0.2) is 0 Å². The average molecular weight is 375 g/mol. The van der Waals surface area contributed by atoms with Gasteiger partial charge in [-0.1, -0.05) is 44.2 Å². The molecule has 1 aliphatic rings. The number of amides is 2. The summed E-state index contributed by atoms with van der Waals surface area (Å²) < 4.78 is 5.65. The number of rotatable bonds is 10. The Morgan fingerprint density at radius 3 is 2.11 bits per heavy atom. The van der Waals surface area contributed by atoms with Gasteiger partial charge in [-0.15, -0.1) is 0 Å². The Balaban J connectivity index is 1.53. The van der Waals surface area contributed by atoms with Gasteiger partial charge in [0, 0.05) is 45.6 Å². The highest BCUT2D eigenvalue weighted by molar-refractivity contribution is 5.78. The van der Waals surface area contributed by atoms with Gasteiger partial charge in [-0.2, -0.15) is 0 Å². The lowest BCUT2D eigenvalue weighted by Gasteiger charge is -2.35. The van der Waals surface area contributed by atoms with Crippen LogP contribution in [-0.2, 0) is 20.7 Å². The highest BCUT2D eigenvalue weighted by Gasteiger charge is 2.23. The smallest absolute Gasteiger partial charge is 0.222 e. The van der Waals surface area contributed by atoms with Crippen molar-refractivity contribution in [1.82, 2.24) is 9.80 Å². The summed E-state index contributed by atoms with van der Waals surface area (Å²) in [5, 5.41) is 0. The molecule has 0 bridgehead atoms. The molecule has 5 heteroatoms. The third-order valence-corrected chi connectivity index (χ3v) is 4.98. The van der Waals surface area contributed by atoms with E-state index in [2.05, 4.69) is 26.0 Å². The van der Waals surface area contributed by atoms with Gasteiger partial charge in [0.05, 0.1) is 6.61 Å². The lowest BCUT2D eigenvalue weighted by Crippen LogP contribution is -2.50. The van der Waals surface area contributed by atoms with Crippen molar-refractivity contribution in [3.8, 4) is 0 Å². The van der Waals surface area contributed by atoms with E-state index in [4.69, 9.17) is 4.74 Å². The molecule has 0 aromatic heterocycles. The third-order valence-electron chi connectivity index (χ3n) is 4.98. The second kappa shape index (κ2) is 11.8. The van der Waals surface area contributed by atoms with Crippen LogP contribution in [-0.4, -0.2) is 61.0 Å². The first-order valence-corrected chi connectivity index (χ1v) is 10.2. The summed E-state index contributed by atoms with van der Waals surface area (Å²) in [4.78, 5) is 28.3. The Labute approximate surface area is 163 Å². The van der Waals surface area contributed by atoms with Crippen molar-refractivity contribution in [3.05, 3.63) is 35.9 Å². The molecular weight excluding hydrogens is 340 g/mol. The standard InChI is InChI=1S/C22H34N2O3/c1-19(2)10-11-22(26)24-15-13-23(14-16-24)21(25)9-6-17-27-18-12-20-7-4-3-5-8-20/h3-5,7-8,19H,6,9-18H2,1-2H3. The Morgan fingerprint density at radius 1 is 0.926 bits per heavy atom. The zero-order valence-electron chi connectivity index (χ0n) is 16.9. The molecule has 0 unspecified atom stereocenters. The topological polar surface area (TPSA) is 49.9 Å². The summed E-state index contributed by atoms with van der Waals surface area (Å²) >= 11 is 0. The normalized spacial score (nSPS) is 14.6. The first-order chi connectivity index (χ1) is 13.1. The molecule has 2 rings (SSSR count). The van der Waals surface area contributed by atoms with Crippen molar-refractivity contribution in [2.75, 3.05) is 39.4 Å². The Bertz CT molecular complexity index is 566. The lowest BCUT2D eigenvalue weighted by molar-refractivity contribution is -0.139. The predicted octanol–water partition coefficient (Wildman–Crippen LogP) is 3.13. The van der Waals surface area contributed by atoms with E-state index in [-0.39, 0.29) is 11.8 Å². The average Bonchev–Trinajstić information content (AvgIpc) is 2.69. The number of hydrogen-bond donors (Lipinski definition) is 0. The van der Waals surface area contributed by atoms with Gasteiger partial charge in [0.2, 0.25) is 11.8 Å². The molecular formula is C22H34N2O3. The van der Waals surface area contributed by atoms with Crippen molar-refractivity contribution in [2.24, 2.45) is 5.92 Å². The van der Waals surface area contributed by atoms with Crippen molar-refractivity contribution < 1.29 is 14.3 Å². The molecule has 2 amide bonds. The Hall–Kier alpha value is -1.88. The zero-order chi connectivity index (χ0) is 19.5. The largest absolute Gasteiger partial charge is 0.381 e. The minimum Gasteiger partial charge on any atom is -0.381 e. The minimum absolute atomic E-state index is 0.177. The maximum absolute atomic E-state index is 12.3. The highest BCUT2D eigenvalue weighted by Crippen LogP contribution is 2.10. The molecule has 1 saturated heterocycles. The third kappa shape index (κ3) is 8.12. The van der Waals surface area contributed by atoms with E-state index in [0.29, 0.717) is 58.2 Å². The molecule has 0 aliphatic carbocycles. The SMILES string of the molecule is CC(C)CCC(=O)N1CCN(C(=O)CCCOCCc2ccccc2)CC1. The zero-order valence-corrected chi connectivity index (χ0v) is 16.9. The maximum Gasteiger partial charge on any atom is 0.222 e. The summed E-state index contributed by atoms with van der Waals surface area (Å²) in [6.45, 7) is 8.21. The fourth-order valence-corrected chi connectivity index (χ4v) is 3.20. The number of carbonyl (C=O) groups excluding carboxylic acids is 2. The summed E-state index contributed by atoms with van der Waals surface area (Å²) in [6.07, 6.45) is 3.73. The molecule has 0 saturated carbocycles. The summed E-state index contributed by atoms with van der Waals surface area (Å²) in [6, 6.07) is 10.3. The van der Waals surface area contributed by atoms with Gasteiger partial charge in [0.25, 0.3) is 0 Å². The first kappa shape index (κ1) is 21.4. The number of benzene rings is 1. The first-order valence-electron chi connectivity index (χ1n) is 10.2. The van der Waals surface area contributed by atoms with Crippen LogP contribution in [0.3, 0.4) is 0 Å². The second-order valence-electron chi connectivity index (χ2n) is 7.65. The van der Waals surface area contributed by atoms with E-state index in [1.807, 2.05) is 28.0 Å².